The summed E-state index contributed by atoms with van der Waals surface area (Å²) < 4.78 is 0. The van der Waals surface area contributed by atoms with Crippen molar-refractivity contribution < 1.29 is 0 Å². The minimum absolute atomic E-state index is 0.441. The second-order valence-electron chi connectivity index (χ2n) is 6.10. The maximum Gasteiger partial charge on any atom is 0.189 e. The van der Waals surface area contributed by atoms with Gasteiger partial charge in [-0.25, -0.2) is 9.97 Å². The van der Waals surface area contributed by atoms with Gasteiger partial charge in [-0.3, -0.25) is 0 Å². The fourth-order valence-electron chi connectivity index (χ4n) is 3.01. The van der Waals surface area contributed by atoms with Crippen LogP contribution in [0.15, 0.2) is 59.8 Å². The van der Waals surface area contributed by atoms with Crippen LogP contribution in [0.1, 0.15) is 19.4 Å². The van der Waals surface area contributed by atoms with Crippen molar-refractivity contribution in [2.24, 2.45) is 0 Å². The zero-order valence-corrected chi connectivity index (χ0v) is 17.1. The Labute approximate surface area is 170 Å². The van der Waals surface area contributed by atoms with E-state index in [2.05, 4.69) is 52.2 Å². The SMILES string of the molecule is CCN(CC)c1ccc(Nc2nc(SC)nc(-c3ccccc3)c2C#N)cc1. The molecule has 1 aromatic heterocycles. The predicted octanol–water partition coefficient (Wildman–Crippen LogP) is 5.33. The highest BCUT2D eigenvalue weighted by Crippen LogP contribution is 2.30. The molecule has 0 aliphatic heterocycles. The molecule has 1 N–H and O–H groups in total. The van der Waals surface area contributed by atoms with Gasteiger partial charge in [0.25, 0.3) is 0 Å². The van der Waals surface area contributed by atoms with Gasteiger partial charge in [-0.05, 0) is 44.4 Å². The molecule has 3 aromatic rings. The summed E-state index contributed by atoms with van der Waals surface area (Å²) in [6.07, 6.45) is 1.93. The zero-order valence-electron chi connectivity index (χ0n) is 16.3. The molecule has 28 heavy (non-hydrogen) atoms. The van der Waals surface area contributed by atoms with Crippen LogP contribution in [0.5, 0.6) is 0 Å². The van der Waals surface area contributed by atoms with Gasteiger partial charge in [0.15, 0.2) is 11.0 Å². The quantitative estimate of drug-likeness (QED) is 0.435. The molecule has 5 nitrogen and oxygen atoms in total. The lowest BCUT2D eigenvalue weighted by Crippen LogP contribution is -2.21. The number of rotatable bonds is 7. The highest BCUT2D eigenvalue weighted by Gasteiger charge is 2.16. The first-order chi connectivity index (χ1) is 13.7. The van der Waals surface area contributed by atoms with Crippen molar-refractivity contribution in [3.05, 3.63) is 60.2 Å². The van der Waals surface area contributed by atoms with Crippen molar-refractivity contribution in [3.63, 3.8) is 0 Å². The largest absolute Gasteiger partial charge is 0.372 e. The van der Waals surface area contributed by atoms with Gasteiger partial charge in [0, 0.05) is 30.0 Å². The summed E-state index contributed by atoms with van der Waals surface area (Å²) in [6, 6.07) is 20.2. The summed E-state index contributed by atoms with van der Waals surface area (Å²) in [5, 5.41) is 13.7. The Morgan fingerprint density at radius 3 is 2.25 bits per heavy atom. The van der Waals surface area contributed by atoms with Crippen molar-refractivity contribution in [3.8, 4) is 17.3 Å². The van der Waals surface area contributed by atoms with Gasteiger partial charge >= 0.3 is 0 Å². The van der Waals surface area contributed by atoms with Crippen molar-refractivity contribution >= 4 is 29.0 Å². The summed E-state index contributed by atoms with van der Waals surface area (Å²) in [7, 11) is 0. The lowest BCUT2D eigenvalue weighted by Gasteiger charge is -2.21. The lowest BCUT2D eigenvalue weighted by molar-refractivity contribution is 0.866. The molecule has 3 rings (SSSR count). The molecule has 0 spiro atoms. The van der Waals surface area contributed by atoms with Gasteiger partial charge in [0.1, 0.15) is 11.6 Å². The van der Waals surface area contributed by atoms with Gasteiger partial charge in [0.05, 0.1) is 5.69 Å². The Bertz CT molecular complexity index is 961. The van der Waals surface area contributed by atoms with Crippen molar-refractivity contribution in [2.75, 3.05) is 29.6 Å². The number of anilines is 3. The molecule has 0 saturated heterocycles. The molecule has 0 saturated carbocycles. The Hall–Kier alpha value is -3.04. The Balaban J connectivity index is 1.99. The second-order valence-corrected chi connectivity index (χ2v) is 6.88. The third-order valence-electron chi connectivity index (χ3n) is 4.49. The molecule has 0 bridgehead atoms. The minimum Gasteiger partial charge on any atom is -0.372 e. The topological polar surface area (TPSA) is 64.8 Å². The van der Waals surface area contributed by atoms with Crippen LogP contribution in [-0.2, 0) is 0 Å². The van der Waals surface area contributed by atoms with Crippen LogP contribution in [0, 0.1) is 11.3 Å². The molecular weight excluding hydrogens is 366 g/mol. The van der Waals surface area contributed by atoms with Crippen LogP contribution in [-0.4, -0.2) is 29.3 Å². The van der Waals surface area contributed by atoms with E-state index in [1.165, 1.54) is 17.4 Å². The Morgan fingerprint density at radius 2 is 1.68 bits per heavy atom. The van der Waals surface area contributed by atoms with E-state index in [0.717, 1.165) is 24.3 Å². The Morgan fingerprint density at radius 1 is 1.00 bits per heavy atom. The first-order valence-electron chi connectivity index (χ1n) is 9.23. The number of nitrogens with one attached hydrogen (secondary N) is 1. The van der Waals surface area contributed by atoms with Crippen LogP contribution >= 0.6 is 11.8 Å². The average Bonchev–Trinajstić information content (AvgIpc) is 2.75. The molecule has 142 valence electrons. The lowest BCUT2D eigenvalue weighted by atomic mass is 10.1. The third kappa shape index (κ3) is 4.26. The molecule has 2 aromatic carbocycles. The van der Waals surface area contributed by atoms with E-state index in [0.29, 0.717) is 22.2 Å². The molecule has 0 aliphatic carbocycles. The number of nitriles is 1. The van der Waals surface area contributed by atoms with Gasteiger partial charge in [-0.1, -0.05) is 42.1 Å². The van der Waals surface area contributed by atoms with Crippen LogP contribution < -0.4 is 10.2 Å². The number of aromatic nitrogens is 2. The first kappa shape index (κ1) is 19.7. The maximum absolute atomic E-state index is 9.80. The number of hydrogen-bond acceptors (Lipinski definition) is 6. The molecule has 0 aliphatic rings. The molecule has 0 atom stereocenters. The van der Waals surface area contributed by atoms with Gasteiger partial charge < -0.3 is 10.2 Å². The summed E-state index contributed by atoms with van der Waals surface area (Å²) >= 11 is 1.46. The molecule has 0 amide bonds. The Kier molecular flexibility index (Phi) is 6.51. The second kappa shape index (κ2) is 9.25. The highest BCUT2D eigenvalue weighted by molar-refractivity contribution is 7.98. The van der Waals surface area contributed by atoms with Crippen LogP contribution in [0.3, 0.4) is 0 Å². The van der Waals surface area contributed by atoms with E-state index in [1.807, 2.05) is 48.7 Å². The minimum atomic E-state index is 0.441. The summed E-state index contributed by atoms with van der Waals surface area (Å²) in [4.78, 5) is 11.4. The molecule has 1 heterocycles. The summed E-state index contributed by atoms with van der Waals surface area (Å²) in [5.41, 5.74) is 4.05. The van der Waals surface area contributed by atoms with Gasteiger partial charge in [-0.15, -0.1) is 0 Å². The fourth-order valence-corrected chi connectivity index (χ4v) is 3.38. The first-order valence-corrected chi connectivity index (χ1v) is 10.5. The van der Waals surface area contributed by atoms with Crippen LogP contribution in [0.25, 0.3) is 11.3 Å². The predicted molar refractivity (Wildman–Crippen MR) is 117 cm³/mol. The number of thioether (sulfide) groups is 1. The van der Waals surface area contributed by atoms with E-state index in [1.54, 1.807) is 0 Å². The summed E-state index contributed by atoms with van der Waals surface area (Å²) in [5.74, 6) is 0.524. The smallest absolute Gasteiger partial charge is 0.189 e. The molecule has 6 heteroatoms. The van der Waals surface area contributed by atoms with E-state index in [4.69, 9.17) is 0 Å². The normalized spacial score (nSPS) is 10.4. The summed E-state index contributed by atoms with van der Waals surface area (Å²) in [6.45, 7) is 6.21. The van der Waals surface area contributed by atoms with Crippen molar-refractivity contribution in [2.45, 2.75) is 19.0 Å². The average molecular weight is 390 g/mol. The van der Waals surface area contributed by atoms with E-state index in [-0.39, 0.29) is 0 Å². The fraction of sp³-hybridized carbons (Fsp3) is 0.227. The van der Waals surface area contributed by atoms with Gasteiger partial charge in [-0.2, -0.15) is 5.26 Å². The standard InChI is InChI=1S/C22H23N5S/c1-4-27(5-2)18-13-11-17(12-14-18)24-21-19(15-23)20(25-22(26-21)28-3)16-9-7-6-8-10-16/h6-14H,4-5H2,1-3H3,(H,24,25,26). The number of benzene rings is 2. The molecule has 0 fully saturated rings. The molecule has 0 radical (unpaired) electrons. The van der Waals surface area contributed by atoms with Crippen LogP contribution in [0.2, 0.25) is 0 Å². The van der Waals surface area contributed by atoms with Crippen LogP contribution in [0.4, 0.5) is 17.2 Å². The van der Waals surface area contributed by atoms with Crippen molar-refractivity contribution in [1.29, 1.82) is 5.26 Å². The molecular formula is C22H23N5S. The zero-order chi connectivity index (χ0) is 19.9. The third-order valence-corrected chi connectivity index (χ3v) is 5.04. The maximum atomic E-state index is 9.80. The van der Waals surface area contributed by atoms with E-state index < -0.39 is 0 Å². The monoisotopic (exact) mass is 389 g/mol. The number of hydrogen-bond donors (Lipinski definition) is 1. The van der Waals surface area contributed by atoms with Gasteiger partial charge in [0.2, 0.25) is 0 Å². The molecule has 0 unspecified atom stereocenters. The highest BCUT2D eigenvalue weighted by atomic mass is 32.2. The van der Waals surface area contributed by atoms with E-state index in [9.17, 15) is 5.26 Å². The number of nitrogens with zero attached hydrogens (tertiary/aromatic N) is 4. The van der Waals surface area contributed by atoms with Crippen molar-refractivity contribution in [1.82, 2.24) is 9.97 Å². The van der Waals surface area contributed by atoms with E-state index >= 15 is 0 Å².